The lowest BCUT2D eigenvalue weighted by Crippen LogP contribution is -2.44. The fraction of sp³-hybridized carbons (Fsp3) is 0.600. The Kier molecular flexibility index (Phi) is 2.98. The molecule has 0 N–H and O–H groups in total. The van der Waals surface area contributed by atoms with Crippen LogP contribution < -0.4 is 0 Å². The van der Waals surface area contributed by atoms with Gasteiger partial charge >= 0.3 is 0 Å². The summed E-state index contributed by atoms with van der Waals surface area (Å²) in [5.41, 5.74) is 2.50. The maximum absolute atomic E-state index is 11.7. The molecule has 2 saturated carbocycles. The lowest BCUT2D eigenvalue weighted by atomic mass is 9.53. The molecule has 0 unspecified atom stereocenters. The summed E-state index contributed by atoms with van der Waals surface area (Å²) in [5.74, 6) is 2.65. The average molecular weight is 293 g/mol. The van der Waals surface area contributed by atoms with E-state index in [1.807, 2.05) is 6.08 Å². The molecule has 6 atom stereocenters. The highest BCUT2D eigenvalue weighted by atomic mass is 16.1. The van der Waals surface area contributed by atoms with Crippen LogP contribution in [0.4, 0.5) is 0 Å². The number of carbonyl (C=O) groups is 1. The minimum Gasteiger partial charge on any atom is -0.295 e. The first-order chi connectivity index (χ1) is 10.5. The van der Waals surface area contributed by atoms with Crippen molar-refractivity contribution in [1.29, 1.82) is 5.26 Å². The van der Waals surface area contributed by atoms with Gasteiger partial charge in [0, 0.05) is 6.42 Å². The number of carbonyl (C=O) groups excluding carboxylic acids is 1. The van der Waals surface area contributed by atoms with Gasteiger partial charge in [0.05, 0.1) is 12.0 Å². The largest absolute Gasteiger partial charge is 0.295 e. The Morgan fingerprint density at radius 3 is 3.00 bits per heavy atom. The molecule has 0 radical (unpaired) electrons. The molecule has 0 aromatic rings. The minimum absolute atomic E-state index is 0.0247. The SMILES string of the molecule is C=C1C[C@H]2[C@@H]3C=CC4=CC(=O)CC[C@@H]4[C@H]3CC[C@]2(C)[C@H]1C#N. The average Bonchev–Trinajstić information content (AvgIpc) is 2.76. The second-order valence-electron chi connectivity index (χ2n) is 7.93. The van der Waals surface area contributed by atoms with E-state index >= 15 is 0 Å². The van der Waals surface area contributed by atoms with Crippen molar-refractivity contribution < 1.29 is 4.79 Å². The third-order valence-electron chi connectivity index (χ3n) is 6.99. The van der Waals surface area contributed by atoms with E-state index in [2.05, 4.69) is 31.7 Å². The molecule has 114 valence electrons. The quantitative estimate of drug-likeness (QED) is 0.628. The van der Waals surface area contributed by atoms with E-state index in [0.29, 0.717) is 30.1 Å². The summed E-state index contributed by atoms with van der Waals surface area (Å²) in [6.45, 7) is 6.51. The highest BCUT2D eigenvalue weighted by Gasteiger charge is 2.56. The summed E-state index contributed by atoms with van der Waals surface area (Å²) < 4.78 is 0. The fourth-order valence-corrected chi connectivity index (χ4v) is 5.86. The molecule has 0 amide bonds. The maximum Gasteiger partial charge on any atom is 0.155 e. The summed E-state index contributed by atoms with van der Waals surface area (Å²) >= 11 is 0. The monoisotopic (exact) mass is 293 g/mol. The molecule has 4 rings (SSSR count). The molecular formula is C20H23NO. The zero-order valence-electron chi connectivity index (χ0n) is 13.2. The van der Waals surface area contributed by atoms with Gasteiger partial charge in [-0.15, -0.1) is 0 Å². The molecule has 4 aliphatic carbocycles. The third kappa shape index (κ3) is 1.75. The van der Waals surface area contributed by atoms with Crippen molar-refractivity contribution in [3.8, 4) is 6.07 Å². The van der Waals surface area contributed by atoms with Crippen LogP contribution in [0.2, 0.25) is 0 Å². The second-order valence-corrected chi connectivity index (χ2v) is 7.93. The summed E-state index contributed by atoms with van der Waals surface area (Å²) in [6.07, 6.45) is 11.5. The van der Waals surface area contributed by atoms with Crippen LogP contribution in [0, 0.1) is 46.3 Å². The van der Waals surface area contributed by atoms with Crippen molar-refractivity contribution >= 4 is 5.78 Å². The van der Waals surface area contributed by atoms with Crippen LogP contribution in [0.5, 0.6) is 0 Å². The van der Waals surface area contributed by atoms with Crippen LogP contribution in [0.25, 0.3) is 0 Å². The van der Waals surface area contributed by atoms with Gasteiger partial charge in [0.25, 0.3) is 0 Å². The van der Waals surface area contributed by atoms with Gasteiger partial charge in [-0.25, -0.2) is 0 Å². The van der Waals surface area contributed by atoms with Crippen LogP contribution in [0.1, 0.15) is 39.0 Å². The Morgan fingerprint density at radius 1 is 1.41 bits per heavy atom. The summed E-state index contributed by atoms with van der Waals surface area (Å²) in [6, 6.07) is 2.53. The minimum atomic E-state index is 0.0247. The number of fused-ring (bicyclic) bond motifs is 5. The Hall–Kier alpha value is -1.62. The van der Waals surface area contributed by atoms with Gasteiger partial charge in [-0.2, -0.15) is 5.26 Å². The standard InChI is InChI=1S/C20H23NO/c1-12-9-18-17-5-3-13-10-14(22)4-6-15(13)16(17)7-8-20(18,2)19(12)11-21/h3,5,10,15-19H,1,4,6-9H2,2H3/t15-,16+,17+,18-,19-,20-/m0/s1. The molecule has 2 heteroatoms. The van der Waals surface area contributed by atoms with Gasteiger partial charge in [-0.3, -0.25) is 4.79 Å². The number of nitrogens with zero attached hydrogens (tertiary/aromatic N) is 1. The Labute approximate surface area is 132 Å². The molecule has 4 aliphatic rings. The number of allylic oxidation sites excluding steroid dienone is 5. The van der Waals surface area contributed by atoms with E-state index < -0.39 is 0 Å². The van der Waals surface area contributed by atoms with Crippen molar-refractivity contribution in [2.75, 3.05) is 0 Å². The molecule has 2 fully saturated rings. The maximum atomic E-state index is 11.7. The third-order valence-corrected chi connectivity index (χ3v) is 6.99. The Balaban J connectivity index is 1.72. The summed E-state index contributed by atoms with van der Waals surface area (Å²) in [5, 5.41) is 9.58. The molecule has 0 aliphatic heterocycles. The predicted octanol–water partition coefficient (Wildman–Crippen LogP) is 4.21. The van der Waals surface area contributed by atoms with Crippen molar-refractivity contribution in [3.05, 3.63) is 36.0 Å². The van der Waals surface area contributed by atoms with Gasteiger partial charge < -0.3 is 0 Å². The van der Waals surface area contributed by atoms with Crippen LogP contribution in [0.3, 0.4) is 0 Å². The predicted molar refractivity (Wildman–Crippen MR) is 85.6 cm³/mol. The summed E-state index contributed by atoms with van der Waals surface area (Å²) in [7, 11) is 0. The van der Waals surface area contributed by atoms with E-state index in [1.54, 1.807) is 0 Å². The Bertz CT molecular complexity index is 649. The van der Waals surface area contributed by atoms with Crippen LogP contribution in [0.15, 0.2) is 36.0 Å². The molecule has 0 spiro atoms. The molecule has 0 aromatic heterocycles. The van der Waals surface area contributed by atoms with Crippen LogP contribution >= 0.6 is 0 Å². The first-order valence-corrected chi connectivity index (χ1v) is 8.54. The molecule has 22 heavy (non-hydrogen) atoms. The molecule has 0 saturated heterocycles. The number of nitriles is 1. The lowest BCUT2D eigenvalue weighted by Gasteiger charge is -2.51. The summed E-state index contributed by atoms with van der Waals surface area (Å²) in [4.78, 5) is 11.7. The van der Waals surface area contributed by atoms with E-state index in [-0.39, 0.29) is 17.1 Å². The van der Waals surface area contributed by atoms with Gasteiger partial charge in [0.1, 0.15) is 0 Å². The fourth-order valence-electron chi connectivity index (χ4n) is 5.86. The van der Waals surface area contributed by atoms with E-state index in [9.17, 15) is 10.1 Å². The van der Waals surface area contributed by atoms with E-state index in [4.69, 9.17) is 0 Å². The highest BCUT2D eigenvalue weighted by Crippen LogP contribution is 2.63. The topological polar surface area (TPSA) is 40.9 Å². The smallest absolute Gasteiger partial charge is 0.155 e. The normalized spacial score (nSPS) is 46.4. The van der Waals surface area contributed by atoms with Gasteiger partial charge in [-0.1, -0.05) is 31.2 Å². The molecule has 0 aromatic carbocycles. The van der Waals surface area contributed by atoms with E-state index in [0.717, 1.165) is 24.8 Å². The van der Waals surface area contributed by atoms with Crippen molar-refractivity contribution in [3.63, 3.8) is 0 Å². The molecule has 0 heterocycles. The number of hydrogen-bond acceptors (Lipinski definition) is 2. The van der Waals surface area contributed by atoms with Crippen LogP contribution in [-0.2, 0) is 4.79 Å². The molecule has 0 bridgehead atoms. The lowest BCUT2D eigenvalue weighted by molar-refractivity contribution is -0.115. The zero-order chi connectivity index (χ0) is 15.5. The van der Waals surface area contributed by atoms with Gasteiger partial charge in [0.2, 0.25) is 0 Å². The van der Waals surface area contributed by atoms with Crippen molar-refractivity contribution in [2.45, 2.75) is 39.0 Å². The van der Waals surface area contributed by atoms with Crippen LogP contribution in [-0.4, -0.2) is 5.78 Å². The highest BCUT2D eigenvalue weighted by molar-refractivity contribution is 5.91. The second kappa shape index (κ2) is 4.69. The first kappa shape index (κ1) is 14.0. The number of rotatable bonds is 0. The molecule has 2 nitrogen and oxygen atoms in total. The van der Waals surface area contributed by atoms with Gasteiger partial charge in [0.15, 0.2) is 5.78 Å². The van der Waals surface area contributed by atoms with E-state index in [1.165, 1.54) is 12.0 Å². The van der Waals surface area contributed by atoms with Crippen molar-refractivity contribution in [1.82, 2.24) is 0 Å². The van der Waals surface area contributed by atoms with Gasteiger partial charge in [-0.05, 0) is 66.4 Å². The first-order valence-electron chi connectivity index (χ1n) is 8.54. The van der Waals surface area contributed by atoms with Crippen molar-refractivity contribution in [2.24, 2.45) is 35.0 Å². The number of hydrogen-bond donors (Lipinski definition) is 0. The molecular weight excluding hydrogens is 270 g/mol. The number of ketones is 1. The Morgan fingerprint density at radius 2 is 2.23 bits per heavy atom. The zero-order valence-corrected chi connectivity index (χ0v) is 13.2.